The molecule has 1 saturated carbocycles. The fourth-order valence-electron chi connectivity index (χ4n) is 1.39. The second kappa shape index (κ2) is 3.40. The molecule has 0 spiro atoms. The summed E-state index contributed by atoms with van der Waals surface area (Å²) in [6.07, 6.45) is 4.37. The van der Waals surface area contributed by atoms with Crippen LogP contribution < -0.4 is 0 Å². The molecule has 2 atom stereocenters. The predicted molar refractivity (Wildman–Crippen MR) is 47.3 cm³/mol. The van der Waals surface area contributed by atoms with E-state index in [0.717, 1.165) is 5.92 Å². The van der Waals surface area contributed by atoms with E-state index >= 15 is 0 Å². The third kappa shape index (κ3) is 2.66. The molecule has 1 rings (SSSR count). The van der Waals surface area contributed by atoms with E-state index in [-0.39, 0.29) is 6.10 Å². The van der Waals surface area contributed by atoms with Gasteiger partial charge in [-0.25, -0.2) is 0 Å². The number of allylic oxidation sites excluding steroid dienone is 1. The van der Waals surface area contributed by atoms with Crippen molar-refractivity contribution in [1.82, 2.24) is 0 Å². The Morgan fingerprint density at radius 1 is 1.45 bits per heavy atom. The van der Waals surface area contributed by atoms with E-state index in [1.165, 1.54) is 18.4 Å². The van der Waals surface area contributed by atoms with Crippen LogP contribution in [-0.4, -0.2) is 11.2 Å². The smallest absolute Gasteiger partial charge is 0.0751 e. The average Bonchev–Trinajstić information content (AvgIpc) is 2.65. The minimum Gasteiger partial charge on any atom is -0.389 e. The van der Waals surface area contributed by atoms with Crippen molar-refractivity contribution in [3.05, 3.63) is 11.6 Å². The first-order valence-electron chi connectivity index (χ1n) is 4.44. The largest absolute Gasteiger partial charge is 0.389 e. The topological polar surface area (TPSA) is 20.2 Å². The first kappa shape index (κ1) is 8.79. The van der Waals surface area contributed by atoms with Crippen molar-refractivity contribution in [2.24, 2.45) is 11.8 Å². The summed E-state index contributed by atoms with van der Waals surface area (Å²) in [5.74, 6) is 1.26. The molecule has 1 aliphatic carbocycles. The summed E-state index contributed by atoms with van der Waals surface area (Å²) >= 11 is 0. The van der Waals surface area contributed by atoms with Gasteiger partial charge in [-0.05, 0) is 38.5 Å². The second-order valence-electron chi connectivity index (χ2n) is 3.93. The van der Waals surface area contributed by atoms with E-state index in [0.29, 0.717) is 5.92 Å². The van der Waals surface area contributed by atoms with Crippen LogP contribution in [-0.2, 0) is 0 Å². The highest BCUT2D eigenvalue weighted by molar-refractivity contribution is 5.01. The van der Waals surface area contributed by atoms with E-state index in [2.05, 4.69) is 6.92 Å². The fourth-order valence-corrected chi connectivity index (χ4v) is 1.39. The van der Waals surface area contributed by atoms with Crippen LogP contribution in [0.15, 0.2) is 11.6 Å². The number of rotatable bonds is 3. The molecule has 1 fully saturated rings. The van der Waals surface area contributed by atoms with E-state index in [9.17, 15) is 5.11 Å². The molecular weight excluding hydrogens is 136 g/mol. The van der Waals surface area contributed by atoms with Gasteiger partial charge in [-0.1, -0.05) is 18.6 Å². The van der Waals surface area contributed by atoms with Crippen molar-refractivity contribution >= 4 is 0 Å². The Morgan fingerprint density at radius 3 is 2.36 bits per heavy atom. The van der Waals surface area contributed by atoms with Crippen LogP contribution in [0.1, 0.15) is 33.6 Å². The van der Waals surface area contributed by atoms with Gasteiger partial charge in [0.15, 0.2) is 0 Å². The lowest BCUT2D eigenvalue weighted by Crippen LogP contribution is -2.16. The summed E-state index contributed by atoms with van der Waals surface area (Å²) in [5, 5.41) is 9.62. The van der Waals surface area contributed by atoms with Gasteiger partial charge in [0.05, 0.1) is 6.10 Å². The zero-order valence-electron chi connectivity index (χ0n) is 7.67. The average molecular weight is 154 g/mol. The first-order chi connectivity index (χ1) is 5.11. The lowest BCUT2D eigenvalue weighted by molar-refractivity contribution is 0.149. The normalized spacial score (nSPS) is 22.5. The number of hydrogen-bond acceptors (Lipinski definition) is 1. The maximum absolute atomic E-state index is 9.62. The van der Waals surface area contributed by atoms with Gasteiger partial charge in [-0.3, -0.25) is 0 Å². The Hall–Kier alpha value is -0.300. The summed E-state index contributed by atoms with van der Waals surface area (Å²) in [6.45, 7) is 6.20. The van der Waals surface area contributed by atoms with Crippen molar-refractivity contribution in [2.45, 2.75) is 39.7 Å². The van der Waals surface area contributed by atoms with Crippen LogP contribution in [0, 0.1) is 11.8 Å². The van der Waals surface area contributed by atoms with Crippen LogP contribution in [0.4, 0.5) is 0 Å². The molecule has 0 aromatic carbocycles. The van der Waals surface area contributed by atoms with E-state index in [1.54, 1.807) is 0 Å². The minimum absolute atomic E-state index is 0.215. The SMILES string of the molecule is CC(C)=CC(O)C(C)C1CC1. The molecule has 1 heteroatoms. The molecular formula is C10H18O. The summed E-state index contributed by atoms with van der Waals surface area (Å²) < 4.78 is 0. The van der Waals surface area contributed by atoms with Crippen LogP contribution in [0.5, 0.6) is 0 Å². The van der Waals surface area contributed by atoms with Gasteiger partial charge in [0, 0.05) is 0 Å². The third-order valence-corrected chi connectivity index (χ3v) is 2.41. The molecule has 1 N–H and O–H groups in total. The Kier molecular flexibility index (Phi) is 2.72. The quantitative estimate of drug-likeness (QED) is 0.619. The van der Waals surface area contributed by atoms with Gasteiger partial charge in [-0.2, -0.15) is 0 Å². The third-order valence-electron chi connectivity index (χ3n) is 2.41. The molecule has 1 nitrogen and oxygen atoms in total. The predicted octanol–water partition coefficient (Wildman–Crippen LogP) is 2.36. The van der Waals surface area contributed by atoms with Crippen molar-refractivity contribution in [2.75, 3.05) is 0 Å². The first-order valence-corrected chi connectivity index (χ1v) is 4.44. The molecule has 0 heterocycles. The van der Waals surface area contributed by atoms with Gasteiger partial charge in [0.1, 0.15) is 0 Å². The van der Waals surface area contributed by atoms with Crippen LogP contribution >= 0.6 is 0 Å². The zero-order valence-corrected chi connectivity index (χ0v) is 7.67. The highest BCUT2D eigenvalue weighted by Crippen LogP contribution is 2.38. The number of aliphatic hydroxyl groups excluding tert-OH is 1. The highest BCUT2D eigenvalue weighted by Gasteiger charge is 2.31. The van der Waals surface area contributed by atoms with Crippen molar-refractivity contribution in [3.63, 3.8) is 0 Å². The fraction of sp³-hybridized carbons (Fsp3) is 0.800. The van der Waals surface area contributed by atoms with Gasteiger partial charge >= 0.3 is 0 Å². The Morgan fingerprint density at radius 2 is 2.00 bits per heavy atom. The number of aliphatic hydroxyl groups is 1. The zero-order chi connectivity index (χ0) is 8.43. The van der Waals surface area contributed by atoms with Gasteiger partial charge in [0.25, 0.3) is 0 Å². The molecule has 0 bridgehead atoms. The summed E-state index contributed by atoms with van der Waals surface area (Å²) in [4.78, 5) is 0. The Bertz CT molecular complexity index is 152. The Balaban J connectivity index is 2.38. The maximum atomic E-state index is 9.62. The molecule has 2 unspecified atom stereocenters. The molecule has 0 radical (unpaired) electrons. The second-order valence-corrected chi connectivity index (χ2v) is 3.93. The van der Waals surface area contributed by atoms with E-state index in [1.807, 2.05) is 19.9 Å². The van der Waals surface area contributed by atoms with Crippen LogP contribution in [0.25, 0.3) is 0 Å². The van der Waals surface area contributed by atoms with E-state index in [4.69, 9.17) is 0 Å². The molecule has 0 saturated heterocycles. The monoisotopic (exact) mass is 154 g/mol. The Labute approximate surface area is 69.1 Å². The lowest BCUT2D eigenvalue weighted by atomic mass is 9.98. The van der Waals surface area contributed by atoms with Crippen molar-refractivity contribution < 1.29 is 5.11 Å². The van der Waals surface area contributed by atoms with Crippen molar-refractivity contribution in [1.29, 1.82) is 0 Å². The molecule has 0 amide bonds. The molecule has 11 heavy (non-hydrogen) atoms. The molecule has 0 aromatic heterocycles. The van der Waals surface area contributed by atoms with Gasteiger partial charge < -0.3 is 5.11 Å². The highest BCUT2D eigenvalue weighted by atomic mass is 16.3. The lowest BCUT2D eigenvalue weighted by Gasteiger charge is -2.14. The number of hydrogen-bond donors (Lipinski definition) is 1. The summed E-state index contributed by atoms with van der Waals surface area (Å²) in [6, 6.07) is 0. The summed E-state index contributed by atoms with van der Waals surface area (Å²) in [5.41, 5.74) is 1.21. The molecule has 64 valence electrons. The van der Waals surface area contributed by atoms with Gasteiger partial charge in [0.2, 0.25) is 0 Å². The van der Waals surface area contributed by atoms with Crippen molar-refractivity contribution in [3.8, 4) is 0 Å². The van der Waals surface area contributed by atoms with Gasteiger partial charge in [-0.15, -0.1) is 0 Å². The van der Waals surface area contributed by atoms with Crippen LogP contribution in [0.2, 0.25) is 0 Å². The van der Waals surface area contributed by atoms with Crippen LogP contribution in [0.3, 0.4) is 0 Å². The standard InChI is InChI=1S/C10H18O/c1-7(2)6-10(11)8(3)9-4-5-9/h6,8-11H,4-5H2,1-3H3. The van der Waals surface area contributed by atoms with E-state index < -0.39 is 0 Å². The maximum Gasteiger partial charge on any atom is 0.0751 e. The molecule has 0 aromatic rings. The minimum atomic E-state index is -0.215. The molecule has 0 aliphatic heterocycles. The molecule has 1 aliphatic rings. The summed E-state index contributed by atoms with van der Waals surface area (Å²) in [7, 11) is 0.